The third-order valence-electron chi connectivity index (χ3n) is 3.67. The Balaban J connectivity index is 0.00000192. The lowest BCUT2D eigenvalue weighted by molar-refractivity contribution is -0.117. The number of thioether (sulfide) groups is 1. The number of amidine groups is 1. The van der Waals surface area contributed by atoms with E-state index in [0.29, 0.717) is 11.6 Å². The fourth-order valence-electron chi connectivity index (χ4n) is 2.51. The minimum atomic E-state index is -0.0745. The number of nitrogens with one attached hydrogen (secondary N) is 1. The molecule has 0 aliphatic carbocycles. The van der Waals surface area contributed by atoms with Gasteiger partial charge in [0.05, 0.1) is 10.4 Å². The van der Waals surface area contributed by atoms with E-state index in [4.69, 9.17) is 11.6 Å². The van der Waals surface area contributed by atoms with E-state index in [-0.39, 0.29) is 23.9 Å². The summed E-state index contributed by atoms with van der Waals surface area (Å²) in [6, 6.07) is 7.47. The van der Waals surface area contributed by atoms with Crippen LogP contribution >= 0.6 is 35.8 Å². The molecule has 23 heavy (non-hydrogen) atoms. The molecule has 0 aromatic heterocycles. The van der Waals surface area contributed by atoms with E-state index in [1.807, 2.05) is 31.2 Å². The Bertz CT molecular complexity index is 683. The van der Waals surface area contributed by atoms with Crippen LogP contribution in [0.5, 0.6) is 0 Å². The summed E-state index contributed by atoms with van der Waals surface area (Å²) in [7, 11) is 0. The van der Waals surface area contributed by atoms with Crippen molar-refractivity contribution in [2.75, 3.05) is 6.54 Å². The van der Waals surface area contributed by atoms with Gasteiger partial charge in [-0.2, -0.15) is 0 Å². The molecule has 2 aliphatic heterocycles. The van der Waals surface area contributed by atoms with Gasteiger partial charge in [0.1, 0.15) is 0 Å². The maximum Gasteiger partial charge on any atom is 0.260 e. The molecule has 0 fully saturated rings. The number of nitrogens with zero attached hydrogens (tertiary/aromatic N) is 2. The van der Waals surface area contributed by atoms with Gasteiger partial charge in [-0.25, -0.2) is 0 Å². The fraction of sp³-hybridized carbons (Fsp3) is 0.375. The first-order chi connectivity index (χ1) is 10.4. The van der Waals surface area contributed by atoms with Crippen molar-refractivity contribution in [1.82, 2.24) is 10.2 Å². The molecule has 124 valence electrons. The van der Waals surface area contributed by atoms with E-state index in [9.17, 15) is 4.79 Å². The standard InChI is InChI=1S/C16H18ClN3OS.ClH/c1-10-13(22-15-19-16(2,3)9-20(10)15)14(21)18-8-11-4-6-12(17)7-5-11;/h4-7H,8-9H2,1-3H3,(H,18,21);1H. The number of hydrogen-bond donors (Lipinski definition) is 1. The molecule has 1 amide bonds. The van der Waals surface area contributed by atoms with E-state index >= 15 is 0 Å². The average molecular weight is 372 g/mol. The molecule has 3 rings (SSSR count). The summed E-state index contributed by atoms with van der Waals surface area (Å²) in [6.07, 6.45) is 0. The number of benzene rings is 1. The van der Waals surface area contributed by atoms with Crippen LogP contribution < -0.4 is 5.32 Å². The zero-order valence-corrected chi connectivity index (χ0v) is 15.6. The molecule has 0 unspecified atom stereocenters. The number of carbonyl (C=O) groups excluding carboxylic acids is 1. The summed E-state index contributed by atoms with van der Waals surface area (Å²) in [5, 5.41) is 4.58. The first-order valence-electron chi connectivity index (χ1n) is 7.14. The first kappa shape index (κ1) is 18.2. The van der Waals surface area contributed by atoms with Crippen LogP contribution in [0.3, 0.4) is 0 Å². The van der Waals surface area contributed by atoms with E-state index < -0.39 is 0 Å². The van der Waals surface area contributed by atoms with Crippen LogP contribution in [0.1, 0.15) is 26.3 Å². The van der Waals surface area contributed by atoms with Crippen LogP contribution in [-0.4, -0.2) is 28.1 Å². The van der Waals surface area contributed by atoms with E-state index in [2.05, 4.69) is 29.1 Å². The third kappa shape index (κ3) is 3.84. The SMILES string of the molecule is CC1=C(C(=O)NCc2ccc(Cl)cc2)SC2=NC(C)(C)CN21.Cl. The zero-order valence-electron chi connectivity index (χ0n) is 13.2. The molecule has 0 radical (unpaired) electrons. The number of fused-ring (bicyclic) bond motifs is 1. The normalized spacial score (nSPS) is 18.4. The Kier molecular flexibility index (Phi) is 5.33. The van der Waals surface area contributed by atoms with Crippen molar-refractivity contribution in [3.05, 3.63) is 45.5 Å². The van der Waals surface area contributed by atoms with Gasteiger partial charge in [-0.3, -0.25) is 9.79 Å². The number of carbonyl (C=O) groups is 1. The van der Waals surface area contributed by atoms with Gasteiger partial charge in [-0.05, 0) is 50.2 Å². The Labute approximate surface area is 151 Å². The highest BCUT2D eigenvalue weighted by molar-refractivity contribution is 8.18. The van der Waals surface area contributed by atoms with Crippen molar-refractivity contribution >= 4 is 46.8 Å². The highest BCUT2D eigenvalue weighted by Crippen LogP contribution is 2.40. The lowest BCUT2D eigenvalue weighted by atomic mass is 10.1. The highest BCUT2D eigenvalue weighted by atomic mass is 35.5. The van der Waals surface area contributed by atoms with Gasteiger partial charge in [0.2, 0.25) is 0 Å². The summed E-state index contributed by atoms with van der Waals surface area (Å²) in [5.74, 6) is -0.0487. The van der Waals surface area contributed by atoms with Crippen LogP contribution in [0.25, 0.3) is 0 Å². The molecular weight excluding hydrogens is 353 g/mol. The lowest BCUT2D eigenvalue weighted by Gasteiger charge is -2.19. The van der Waals surface area contributed by atoms with Gasteiger partial charge in [-0.1, -0.05) is 23.7 Å². The minimum Gasteiger partial charge on any atom is -0.347 e. The smallest absolute Gasteiger partial charge is 0.260 e. The molecule has 0 saturated heterocycles. The molecule has 2 aliphatic rings. The molecule has 0 atom stereocenters. The molecule has 4 nitrogen and oxygen atoms in total. The van der Waals surface area contributed by atoms with Gasteiger partial charge in [0.25, 0.3) is 5.91 Å². The Morgan fingerprint density at radius 2 is 2.04 bits per heavy atom. The zero-order chi connectivity index (χ0) is 15.9. The second kappa shape index (κ2) is 6.75. The monoisotopic (exact) mass is 371 g/mol. The molecule has 0 bridgehead atoms. The summed E-state index contributed by atoms with van der Waals surface area (Å²) < 4.78 is 0. The Morgan fingerprint density at radius 3 is 2.65 bits per heavy atom. The predicted molar refractivity (Wildman–Crippen MR) is 99.1 cm³/mol. The molecule has 0 saturated carbocycles. The average Bonchev–Trinajstić information content (AvgIpc) is 2.92. The minimum absolute atomic E-state index is 0. The van der Waals surface area contributed by atoms with Crippen molar-refractivity contribution in [2.24, 2.45) is 4.99 Å². The third-order valence-corrected chi connectivity index (χ3v) is 5.10. The van der Waals surface area contributed by atoms with Crippen LogP contribution in [0.2, 0.25) is 5.02 Å². The van der Waals surface area contributed by atoms with Gasteiger partial charge >= 0.3 is 0 Å². The number of allylic oxidation sites excluding steroid dienone is 1. The molecule has 1 aromatic carbocycles. The number of aliphatic imine (C=N–C) groups is 1. The van der Waals surface area contributed by atoms with Crippen LogP contribution in [0, 0.1) is 0 Å². The maximum atomic E-state index is 12.4. The van der Waals surface area contributed by atoms with Crippen molar-refractivity contribution < 1.29 is 4.79 Å². The summed E-state index contributed by atoms with van der Waals surface area (Å²) >= 11 is 7.32. The molecule has 7 heteroatoms. The quantitative estimate of drug-likeness (QED) is 0.878. The number of hydrogen-bond acceptors (Lipinski definition) is 4. The van der Waals surface area contributed by atoms with E-state index in [1.165, 1.54) is 11.8 Å². The van der Waals surface area contributed by atoms with E-state index in [0.717, 1.165) is 27.9 Å². The largest absolute Gasteiger partial charge is 0.347 e. The molecule has 0 spiro atoms. The Morgan fingerprint density at radius 1 is 1.39 bits per heavy atom. The number of halogens is 2. The van der Waals surface area contributed by atoms with Crippen molar-refractivity contribution in [2.45, 2.75) is 32.9 Å². The molecular formula is C16H19Cl2N3OS. The summed E-state index contributed by atoms with van der Waals surface area (Å²) in [4.78, 5) is 19.9. The van der Waals surface area contributed by atoms with E-state index in [1.54, 1.807) is 0 Å². The van der Waals surface area contributed by atoms with Gasteiger partial charge in [-0.15, -0.1) is 12.4 Å². The first-order valence-corrected chi connectivity index (χ1v) is 8.34. The Hall–Kier alpha value is -1.17. The van der Waals surface area contributed by atoms with Gasteiger partial charge < -0.3 is 10.2 Å². The molecule has 1 N–H and O–H groups in total. The fourth-order valence-corrected chi connectivity index (χ4v) is 3.85. The van der Waals surface area contributed by atoms with Crippen LogP contribution in [-0.2, 0) is 11.3 Å². The maximum absolute atomic E-state index is 12.4. The summed E-state index contributed by atoms with van der Waals surface area (Å²) in [6.45, 7) is 7.51. The number of rotatable bonds is 3. The van der Waals surface area contributed by atoms with Gasteiger partial charge in [0, 0.05) is 23.8 Å². The molecule has 1 aromatic rings. The number of amides is 1. The highest BCUT2D eigenvalue weighted by Gasteiger charge is 2.39. The van der Waals surface area contributed by atoms with Gasteiger partial charge in [0.15, 0.2) is 5.17 Å². The van der Waals surface area contributed by atoms with Crippen molar-refractivity contribution in [3.63, 3.8) is 0 Å². The van der Waals surface area contributed by atoms with Crippen molar-refractivity contribution in [1.29, 1.82) is 0 Å². The summed E-state index contributed by atoms with van der Waals surface area (Å²) in [5.41, 5.74) is 1.94. The lowest BCUT2D eigenvalue weighted by Crippen LogP contribution is -2.29. The second-order valence-electron chi connectivity index (χ2n) is 6.12. The molecule has 2 heterocycles. The van der Waals surface area contributed by atoms with Crippen molar-refractivity contribution in [3.8, 4) is 0 Å². The predicted octanol–water partition coefficient (Wildman–Crippen LogP) is 3.81. The van der Waals surface area contributed by atoms with Crippen LogP contribution in [0.15, 0.2) is 39.9 Å². The topological polar surface area (TPSA) is 44.7 Å². The second-order valence-corrected chi connectivity index (χ2v) is 7.53. The van der Waals surface area contributed by atoms with Crippen LogP contribution in [0.4, 0.5) is 0 Å².